The molecule has 0 aliphatic heterocycles. The Labute approximate surface area is 172 Å². The summed E-state index contributed by atoms with van der Waals surface area (Å²) < 4.78 is 24.0. The van der Waals surface area contributed by atoms with Crippen LogP contribution in [0.15, 0.2) is 46.2 Å². The number of rotatable bonds is 8. The van der Waals surface area contributed by atoms with Crippen LogP contribution in [0.1, 0.15) is 23.7 Å². The van der Waals surface area contributed by atoms with E-state index < -0.39 is 33.2 Å². The van der Waals surface area contributed by atoms with Crippen molar-refractivity contribution in [2.24, 2.45) is 5.73 Å². The van der Waals surface area contributed by atoms with Gasteiger partial charge in [-0.25, -0.2) is 13.2 Å². The minimum Gasteiger partial charge on any atom is -0.370 e. The fraction of sp³-hybridized carbons (Fsp3) is 0.222. The number of anilines is 2. The summed E-state index contributed by atoms with van der Waals surface area (Å²) in [4.78, 5) is 49.0. The van der Waals surface area contributed by atoms with Crippen molar-refractivity contribution in [1.29, 1.82) is 0 Å². The molecule has 4 amide bonds. The smallest absolute Gasteiger partial charge is 0.319 e. The average molecular weight is 435 g/mol. The molecular formula is C18H21N5O6S. The van der Waals surface area contributed by atoms with E-state index in [1.807, 2.05) is 0 Å². The first-order valence-corrected chi connectivity index (χ1v) is 10.5. The Bertz CT molecular complexity index is 1130. The van der Waals surface area contributed by atoms with Crippen LogP contribution in [-0.2, 0) is 14.6 Å². The van der Waals surface area contributed by atoms with E-state index in [1.54, 1.807) is 12.1 Å². The third kappa shape index (κ3) is 6.17. The Morgan fingerprint density at radius 3 is 2.40 bits per heavy atom. The van der Waals surface area contributed by atoms with Crippen molar-refractivity contribution >= 4 is 39.1 Å². The van der Waals surface area contributed by atoms with Crippen LogP contribution in [0.2, 0.25) is 0 Å². The topological polar surface area (TPSA) is 180 Å². The molecule has 0 aliphatic carbocycles. The molecule has 0 fully saturated rings. The van der Waals surface area contributed by atoms with Crippen LogP contribution in [0.25, 0.3) is 0 Å². The number of amides is 4. The molecule has 1 aromatic heterocycles. The van der Waals surface area contributed by atoms with E-state index in [2.05, 4.69) is 20.9 Å². The first-order valence-electron chi connectivity index (χ1n) is 8.82. The lowest BCUT2D eigenvalue weighted by molar-refractivity contribution is -0.117. The zero-order chi connectivity index (χ0) is 22.3. The Hall–Kier alpha value is -3.67. The summed E-state index contributed by atoms with van der Waals surface area (Å²) in [6.45, 7) is 1.51. The second-order valence-electron chi connectivity index (χ2n) is 6.11. The monoisotopic (exact) mass is 435 g/mol. The van der Waals surface area contributed by atoms with E-state index in [4.69, 9.17) is 5.73 Å². The summed E-state index contributed by atoms with van der Waals surface area (Å²) >= 11 is 0. The number of hydrogen-bond donors (Lipinski definition) is 5. The van der Waals surface area contributed by atoms with Gasteiger partial charge in [0.15, 0.2) is 9.84 Å². The maximum atomic E-state index is 12.5. The highest BCUT2D eigenvalue weighted by molar-refractivity contribution is 7.91. The summed E-state index contributed by atoms with van der Waals surface area (Å²) in [5.41, 5.74) is 4.47. The van der Waals surface area contributed by atoms with Crippen molar-refractivity contribution in [2.75, 3.05) is 22.9 Å². The molecule has 30 heavy (non-hydrogen) atoms. The first-order chi connectivity index (χ1) is 14.1. The van der Waals surface area contributed by atoms with E-state index in [0.29, 0.717) is 5.69 Å². The number of sulfone groups is 1. The highest BCUT2D eigenvalue weighted by Crippen LogP contribution is 2.16. The number of hydrogen-bond acceptors (Lipinski definition) is 6. The summed E-state index contributed by atoms with van der Waals surface area (Å²) in [5, 5.41) is 7.44. The van der Waals surface area contributed by atoms with Crippen LogP contribution in [-0.4, -0.2) is 43.5 Å². The Balaban J connectivity index is 2.12. The van der Waals surface area contributed by atoms with Crippen molar-refractivity contribution in [3.05, 3.63) is 52.4 Å². The van der Waals surface area contributed by atoms with Crippen molar-refractivity contribution in [3.8, 4) is 0 Å². The molecule has 2 rings (SSSR count). The predicted octanol–water partition coefficient (Wildman–Crippen LogP) is 0.418. The molecule has 0 spiro atoms. The Kier molecular flexibility index (Phi) is 7.31. The lowest BCUT2D eigenvalue weighted by atomic mass is 10.2. The highest BCUT2D eigenvalue weighted by atomic mass is 32.2. The van der Waals surface area contributed by atoms with Gasteiger partial charge in [0, 0.05) is 30.5 Å². The molecule has 0 bridgehead atoms. The number of nitrogens with two attached hydrogens (primary N) is 1. The highest BCUT2D eigenvalue weighted by Gasteiger charge is 2.18. The van der Waals surface area contributed by atoms with Gasteiger partial charge in [0.1, 0.15) is 5.56 Å². The number of benzene rings is 1. The maximum Gasteiger partial charge on any atom is 0.319 e. The van der Waals surface area contributed by atoms with Crippen molar-refractivity contribution in [2.45, 2.75) is 18.2 Å². The molecular weight excluding hydrogens is 414 g/mol. The molecule has 0 radical (unpaired) electrons. The van der Waals surface area contributed by atoms with Crippen molar-refractivity contribution in [1.82, 2.24) is 10.3 Å². The third-order valence-corrected chi connectivity index (χ3v) is 5.61. The molecule has 6 N–H and O–H groups in total. The largest absolute Gasteiger partial charge is 0.370 e. The Morgan fingerprint density at radius 1 is 1.10 bits per heavy atom. The number of aromatic amines is 1. The molecule has 0 saturated carbocycles. The van der Waals surface area contributed by atoms with Gasteiger partial charge in [-0.15, -0.1) is 0 Å². The van der Waals surface area contributed by atoms with Gasteiger partial charge in [0.25, 0.3) is 11.5 Å². The van der Waals surface area contributed by atoms with E-state index in [-0.39, 0.29) is 34.9 Å². The molecule has 0 saturated heterocycles. The minimum atomic E-state index is -3.61. The number of primary amides is 1. The van der Waals surface area contributed by atoms with Crippen LogP contribution in [0.5, 0.6) is 0 Å². The van der Waals surface area contributed by atoms with Gasteiger partial charge in [-0.3, -0.25) is 14.4 Å². The zero-order valence-corrected chi connectivity index (χ0v) is 16.8. The average Bonchev–Trinajstić information content (AvgIpc) is 2.68. The van der Waals surface area contributed by atoms with E-state index in [0.717, 1.165) is 12.3 Å². The molecule has 0 aliphatic rings. The number of aromatic nitrogens is 1. The summed E-state index contributed by atoms with van der Waals surface area (Å²) in [6.07, 6.45) is 1.03. The molecule has 0 atom stereocenters. The minimum absolute atomic E-state index is 0.00905. The lowest BCUT2D eigenvalue weighted by Crippen LogP contribution is -2.31. The maximum absolute atomic E-state index is 12.5. The standard InChI is InChI=1S/C18H21N5O6S/c1-2-30(28,29)13-9-14(16(25)21-10-13)17(26)22-11-4-3-5-12(8-11)23-18(27)20-7-6-15(19)24/h3-5,8-10H,2,6-7H2,1H3,(H2,19,24)(H,21,25)(H,22,26)(H2,20,23,27). The SMILES string of the molecule is CCS(=O)(=O)c1c[nH]c(=O)c(C(=O)Nc2cccc(NC(=O)NCCC(N)=O)c2)c1. The second kappa shape index (κ2) is 9.69. The van der Waals surface area contributed by atoms with Gasteiger partial charge in [0.05, 0.1) is 10.6 Å². The number of pyridine rings is 1. The molecule has 1 aromatic carbocycles. The molecule has 1 heterocycles. The lowest BCUT2D eigenvalue weighted by Gasteiger charge is -2.10. The number of carbonyl (C=O) groups is 3. The zero-order valence-electron chi connectivity index (χ0n) is 16.0. The number of nitrogens with one attached hydrogen (secondary N) is 4. The molecule has 12 heteroatoms. The van der Waals surface area contributed by atoms with Gasteiger partial charge >= 0.3 is 6.03 Å². The normalized spacial score (nSPS) is 10.8. The summed E-state index contributed by atoms with van der Waals surface area (Å²) in [6, 6.07) is 6.51. The predicted molar refractivity (Wildman–Crippen MR) is 110 cm³/mol. The molecule has 0 unspecified atom stereocenters. The fourth-order valence-corrected chi connectivity index (χ4v) is 3.20. The van der Waals surface area contributed by atoms with Crippen LogP contribution in [0.4, 0.5) is 16.2 Å². The van der Waals surface area contributed by atoms with Gasteiger partial charge < -0.3 is 26.7 Å². The van der Waals surface area contributed by atoms with Gasteiger partial charge in [-0.1, -0.05) is 13.0 Å². The van der Waals surface area contributed by atoms with Gasteiger partial charge in [0.2, 0.25) is 5.91 Å². The molecule has 11 nitrogen and oxygen atoms in total. The molecule has 2 aromatic rings. The van der Waals surface area contributed by atoms with E-state index >= 15 is 0 Å². The van der Waals surface area contributed by atoms with E-state index in [9.17, 15) is 27.6 Å². The molecule has 160 valence electrons. The fourth-order valence-electron chi connectivity index (χ4n) is 2.33. The summed E-state index contributed by atoms with van der Waals surface area (Å²) in [5.74, 6) is -1.55. The first kappa shape index (κ1) is 22.6. The quantitative estimate of drug-likeness (QED) is 0.400. The second-order valence-corrected chi connectivity index (χ2v) is 8.39. The van der Waals surface area contributed by atoms with Crippen molar-refractivity contribution < 1.29 is 22.8 Å². The van der Waals surface area contributed by atoms with Crippen LogP contribution in [0, 0.1) is 0 Å². The van der Waals surface area contributed by atoms with Crippen LogP contribution < -0.4 is 27.2 Å². The van der Waals surface area contributed by atoms with Crippen molar-refractivity contribution in [3.63, 3.8) is 0 Å². The number of H-pyrrole nitrogens is 1. The Morgan fingerprint density at radius 2 is 1.77 bits per heavy atom. The van der Waals surface area contributed by atoms with E-state index in [1.165, 1.54) is 19.1 Å². The third-order valence-electron chi connectivity index (χ3n) is 3.90. The van der Waals surface area contributed by atoms with Gasteiger partial charge in [-0.05, 0) is 24.3 Å². The number of carbonyl (C=O) groups excluding carboxylic acids is 3. The number of urea groups is 1. The summed E-state index contributed by atoms with van der Waals surface area (Å²) in [7, 11) is -3.61. The van der Waals surface area contributed by atoms with Gasteiger partial charge in [-0.2, -0.15) is 0 Å². The van der Waals surface area contributed by atoms with Crippen LogP contribution in [0.3, 0.4) is 0 Å². The van der Waals surface area contributed by atoms with Crippen LogP contribution >= 0.6 is 0 Å².